The van der Waals surface area contributed by atoms with Crippen LogP contribution in [-0.4, -0.2) is 35.1 Å². The van der Waals surface area contributed by atoms with E-state index in [9.17, 15) is 4.79 Å². The maximum absolute atomic E-state index is 12.2. The summed E-state index contributed by atoms with van der Waals surface area (Å²) in [5.41, 5.74) is 1.67. The monoisotopic (exact) mass is 313 g/mol. The number of carbonyl (C=O) groups is 1. The van der Waals surface area contributed by atoms with Crippen LogP contribution in [0.25, 0.3) is 0 Å². The van der Waals surface area contributed by atoms with Gasteiger partial charge in [0.15, 0.2) is 5.69 Å². The Morgan fingerprint density at radius 1 is 1.22 bits per heavy atom. The Bertz CT molecular complexity index is 615. The molecule has 0 saturated carbocycles. The zero-order chi connectivity index (χ0) is 16.2. The standard InChI is InChI=1S/C18H23N3O2/c1-13-10-21(12-15-6-4-3-5-7-15)11-14(2)17(13)19-18(22)16-8-9-23-20-16/h3-9,13-14,17H,10-12H2,1-2H3,(H,19,22)/t13-,14-/m0/s1. The van der Waals surface area contributed by atoms with Gasteiger partial charge in [0.2, 0.25) is 0 Å². The molecular weight excluding hydrogens is 290 g/mol. The average molecular weight is 313 g/mol. The SMILES string of the molecule is C[C@H]1CN(Cc2ccccc2)C[C@H](C)C1NC(=O)c1ccon1. The number of amides is 1. The Hall–Kier alpha value is -2.14. The second kappa shape index (κ2) is 6.96. The molecule has 0 bridgehead atoms. The summed E-state index contributed by atoms with van der Waals surface area (Å²) in [4.78, 5) is 14.7. The van der Waals surface area contributed by atoms with E-state index in [-0.39, 0.29) is 11.9 Å². The Balaban J connectivity index is 1.60. The Morgan fingerprint density at radius 2 is 1.91 bits per heavy atom. The molecule has 1 aromatic heterocycles. The minimum atomic E-state index is -0.154. The van der Waals surface area contributed by atoms with E-state index in [2.05, 4.69) is 53.5 Å². The quantitative estimate of drug-likeness (QED) is 0.942. The van der Waals surface area contributed by atoms with E-state index in [0.717, 1.165) is 19.6 Å². The van der Waals surface area contributed by atoms with E-state index in [4.69, 9.17) is 4.52 Å². The molecule has 1 N–H and O–H groups in total. The zero-order valence-corrected chi connectivity index (χ0v) is 13.6. The molecule has 2 aromatic rings. The fraction of sp³-hybridized carbons (Fsp3) is 0.444. The van der Waals surface area contributed by atoms with Gasteiger partial charge >= 0.3 is 0 Å². The van der Waals surface area contributed by atoms with Crippen LogP contribution >= 0.6 is 0 Å². The van der Waals surface area contributed by atoms with Crippen LogP contribution in [0.4, 0.5) is 0 Å². The lowest BCUT2D eigenvalue weighted by Crippen LogP contribution is -2.54. The fourth-order valence-corrected chi connectivity index (χ4v) is 3.49. The molecule has 5 heteroatoms. The van der Waals surface area contributed by atoms with Crippen LogP contribution in [0.3, 0.4) is 0 Å². The number of rotatable bonds is 4. The lowest BCUT2D eigenvalue weighted by molar-refractivity contribution is 0.0726. The van der Waals surface area contributed by atoms with Crippen molar-refractivity contribution in [3.05, 3.63) is 53.9 Å². The first-order valence-electron chi connectivity index (χ1n) is 8.11. The van der Waals surface area contributed by atoms with Gasteiger partial charge in [-0.15, -0.1) is 0 Å². The number of hydrogen-bond donors (Lipinski definition) is 1. The van der Waals surface area contributed by atoms with Crippen LogP contribution in [0.2, 0.25) is 0 Å². The molecule has 2 heterocycles. The molecule has 0 spiro atoms. The van der Waals surface area contributed by atoms with Crippen molar-refractivity contribution in [1.29, 1.82) is 0 Å². The van der Waals surface area contributed by atoms with Crippen LogP contribution < -0.4 is 5.32 Å². The molecule has 5 nitrogen and oxygen atoms in total. The number of likely N-dealkylation sites (tertiary alicyclic amines) is 1. The summed E-state index contributed by atoms with van der Waals surface area (Å²) >= 11 is 0. The fourth-order valence-electron chi connectivity index (χ4n) is 3.49. The average Bonchev–Trinajstić information content (AvgIpc) is 3.06. The van der Waals surface area contributed by atoms with Crippen LogP contribution in [0.15, 0.2) is 47.2 Å². The number of benzene rings is 1. The summed E-state index contributed by atoms with van der Waals surface area (Å²) in [6, 6.07) is 12.3. The maximum Gasteiger partial charge on any atom is 0.273 e. The van der Waals surface area contributed by atoms with Crippen LogP contribution in [0.1, 0.15) is 29.9 Å². The van der Waals surface area contributed by atoms with Gasteiger partial charge in [0.25, 0.3) is 5.91 Å². The van der Waals surface area contributed by atoms with E-state index in [1.165, 1.54) is 11.8 Å². The number of carbonyl (C=O) groups excluding carboxylic acids is 1. The van der Waals surface area contributed by atoms with Gasteiger partial charge in [0.05, 0.1) is 0 Å². The highest BCUT2D eigenvalue weighted by atomic mass is 16.5. The molecule has 122 valence electrons. The molecule has 1 amide bonds. The van der Waals surface area contributed by atoms with Gasteiger partial charge in [-0.2, -0.15) is 0 Å². The third-order valence-electron chi connectivity index (χ3n) is 4.54. The van der Waals surface area contributed by atoms with Crippen molar-refractivity contribution in [1.82, 2.24) is 15.4 Å². The minimum absolute atomic E-state index is 0.154. The van der Waals surface area contributed by atoms with Gasteiger partial charge in [0, 0.05) is 31.7 Å². The molecule has 0 aliphatic carbocycles. The largest absolute Gasteiger partial charge is 0.364 e. The van der Waals surface area contributed by atoms with Gasteiger partial charge in [-0.05, 0) is 17.4 Å². The lowest BCUT2D eigenvalue weighted by Gasteiger charge is -2.41. The van der Waals surface area contributed by atoms with Crippen LogP contribution in [0.5, 0.6) is 0 Å². The molecule has 1 saturated heterocycles. The molecule has 0 unspecified atom stereocenters. The highest BCUT2D eigenvalue weighted by Gasteiger charge is 2.33. The van der Waals surface area contributed by atoms with Gasteiger partial charge in [-0.3, -0.25) is 9.69 Å². The Labute approximate surface area is 136 Å². The molecule has 0 radical (unpaired) electrons. The predicted octanol–water partition coefficient (Wildman–Crippen LogP) is 2.56. The number of aromatic nitrogens is 1. The van der Waals surface area contributed by atoms with Crippen molar-refractivity contribution in [2.45, 2.75) is 26.4 Å². The number of nitrogens with zero attached hydrogens (tertiary/aromatic N) is 2. The summed E-state index contributed by atoms with van der Waals surface area (Å²) in [7, 11) is 0. The number of hydrogen-bond acceptors (Lipinski definition) is 4. The summed E-state index contributed by atoms with van der Waals surface area (Å²) in [5, 5.41) is 6.82. The summed E-state index contributed by atoms with van der Waals surface area (Å²) < 4.78 is 4.74. The van der Waals surface area contributed by atoms with Crippen LogP contribution in [-0.2, 0) is 6.54 Å². The highest BCUT2D eigenvalue weighted by molar-refractivity contribution is 5.92. The predicted molar refractivity (Wildman–Crippen MR) is 87.8 cm³/mol. The summed E-state index contributed by atoms with van der Waals surface area (Å²) in [5.74, 6) is 0.621. The van der Waals surface area contributed by atoms with Gasteiger partial charge in [-0.25, -0.2) is 0 Å². The molecule has 1 fully saturated rings. The third kappa shape index (κ3) is 3.79. The molecule has 2 atom stereocenters. The van der Waals surface area contributed by atoms with E-state index < -0.39 is 0 Å². The van der Waals surface area contributed by atoms with E-state index in [0.29, 0.717) is 17.5 Å². The second-order valence-electron chi connectivity index (χ2n) is 6.52. The van der Waals surface area contributed by atoms with E-state index in [1.807, 2.05) is 6.07 Å². The van der Waals surface area contributed by atoms with Crippen molar-refractivity contribution >= 4 is 5.91 Å². The molecule has 3 rings (SSSR count). The Kier molecular flexibility index (Phi) is 4.76. The number of nitrogens with one attached hydrogen (secondary N) is 1. The minimum Gasteiger partial charge on any atom is -0.364 e. The first-order chi connectivity index (χ1) is 11.1. The topological polar surface area (TPSA) is 58.4 Å². The van der Waals surface area contributed by atoms with Crippen molar-refractivity contribution in [2.24, 2.45) is 11.8 Å². The van der Waals surface area contributed by atoms with Crippen molar-refractivity contribution in [3.8, 4) is 0 Å². The van der Waals surface area contributed by atoms with Gasteiger partial charge in [0.1, 0.15) is 6.26 Å². The van der Waals surface area contributed by atoms with Crippen molar-refractivity contribution in [2.75, 3.05) is 13.1 Å². The smallest absolute Gasteiger partial charge is 0.273 e. The zero-order valence-electron chi connectivity index (χ0n) is 13.6. The third-order valence-corrected chi connectivity index (χ3v) is 4.54. The van der Waals surface area contributed by atoms with Gasteiger partial charge < -0.3 is 9.84 Å². The molecule has 1 aliphatic heterocycles. The highest BCUT2D eigenvalue weighted by Crippen LogP contribution is 2.24. The van der Waals surface area contributed by atoms with E-state index >= 15 is 0 Å². The summed E-state index contributed by atoms with van der Waals surface area (Å²) in [6.45, 7) is 7.30. The lowest BCUT2D eigenvalue weighted by atomic mass is 9.85. The molecule has 1 aromatic carbocycles. The molecule has 1 aliphatic rings. The normalized spacial score (nSPS) is 22.9. The van der Waals surface area contributed by atoms with Gasteiger partial charge in [-0.1, -0.05) is 49.3 Å². The Morgan fingerprint density at radius 3 is 2.52 bits per heavy atom. The first-order valence-corrected chi connectivity index (χ1v) is 8.11. The first kappa shape index (κ1) is 15.7. The van der Waals surface area contributed by atoms with Crippen molar-refractivity contribution in [3.63, 3.8) is 0 Å². The van der Waals surface area contributed by atoms with Crippen molar-refractivity contribution < 1.29 is 9.32 Å². The summed E-state index contributed by atoms with van der Waals surface area (Å²) in [6.07, 6.45) is 1.42. The van der Waals surface area contributed by atoms with E-state index in [1.54, 1.807) is 6.07 Å². The molecular formula is C18H23N3O2. The van der Waals surface area contributed by atoms with Crippen LogP contribution in [0, 0.1) is 11.8 Å². The number of piperidine rings is 1. The molecule has 23 heavy (non-hydrogen) atoms. The maximum atomic E-state index is 12.2. The second-order valence-corrected chi connectivity index (χ2v) is 6.52.